The molecule has 0 bridgehead atoms. The van der Waals surface area contributed by atoms with Gasteiger partial charge in [0.2, 0.25) is 5.91 Å². The molecule has 2 unspecified atom stereocenters. The van der Waals surface area contributed by atoms with Gasteiger partial charge in [0, 0.05) is 39.2 Å². The second kappa shape index (κ2) is 10.8. The molecular formula is C20H32IN5O2. The van der Waals surface area contributed by atoms with E-state index in [0.717, 1.165) is 50.1 Å². The van der Waals surface area contributed by atoms with E-state index in [1.165, 1.54) is 0 Å². The molecule has 1 saturated heterocycles. The molecule has 0 aliphatic carbocycles. The Morgan fingerprint density at radius 2 is 2.14 bits per heavy atom. The number of hydrogen-bond donors (Lipinski definition) is 2. The van der Waals surface area contributed by atoms with Gasteiger partial charge in [-0.2, -0.15) is 0 Å². The number of nitrogens with two attached hydrogens (primary N) is 1. The molecule has 156 valence electrons. The van der Waals surface area contributed by atoms with Gasteiger partial charge in [-0.1, -0.05) is 18.2 Å². The number of para-hydroxylation sites is 1. The summed E-state index contributed by atoms with van der Waals surface area (Å²) in [5.74, 6) is 1.59. The fourth-order valence-corrected chi connectivity index (χ4v) is 3.86. The number of likely N-dealkylation sites (tertiary alicyclic amines) is 1. The van der Waals surface area contributed by atoms with Crippen LogP contribution in [0.1, 0.15) is 37.3 Å². The van der Waals surface area contributed by atoms with E-state index in [-0.39, 0.29) is 42.0 Å². The first kappa shape index (κ1) is 22.7. The number of hydrogen-bond acceptors (Lipinski definition) is 4. The number of amides is 1. The SMILES string of the molecule is CN(C)C(=O)C1CCCN1CCCN=C(N)NC1CCOc2ccccc21.I. The molecule has 1 aromatic carbocycles. The summed E-state index contributed by atoms with van der Waals surface area (Å²) >= 11 is 0. The molecule has 0 radical (unpaired) electrons. The fourth-order valence-electron chi connectivity index (χ4n) is 3.86. The van der Waals surface area contributed by atoms with Crippen LogP contribution in [-0.2, 0) is 4.79 Å². The Bertz CT molecular complexity index is 682. The Morgan fingerprint density at radius 1 is 1.36 bits per heavy atom. The molecule has 2 aliphatic rings. The van der Waals surface area contributed by atoms with Crippen molar-refractivity contribution >= 4 is 35.8 Å². The number of ether oxygens (including phenoxy) is 1. The van der Waals surface area contributed by atoms with Gasteiger partial charge < -0.3 is 20.7 Å². The van der Waals surface area contributed by atoms with Gasteiger partial charge in [-0.3, -0.25) is 14.7 Å². The van der Waals surface area contributed by atoms with Crippen molar-refractivity contribution in [2.45, 2.75) is 37.8 Å². The van der Waals surface area contributed by atoms with Gasteiger partial charge in [0.1, 0.15) is 5.75 Å². The predicted molar refractivity (Wildman–Crippen MR) is 122 cm³/mol. The number of aliphatic imine (C=N–C) groups is 1. The van der Waals surface area contributed by atoms with Gasteiger partial charge in [0.15, 0.2) is 5.96 Å². The molecule has 1 fully saturated rings. The van der Waals surface area contributed by atoms with E-state index >= 15 is 0 Å². The van der Waals surface area contributed by atoms with Crippen molar-refractivity contribution in [1.29, 1.82) is 0 Å². The Labute approximate surface area is 184 Å². The molecular weight excluding hydrogens is 469 g/mol. The number of guanidine groups is 1. The van der Waals surface area contributed by atoms with E-state index in [9.17, 15) is 4.79 Å². The van der Waals surface area contributed by atoms with E-state index in [0.29, 0.717) is 19.1 Å². The lowest BCUT2D eigenvalue weighted by atomic mass is 10.0. The largest absolute Gasteiger partial charge is 0.493 e. The number of halogens is 1. The first-order valence-corrected chi connectivity index (χ1v) is 9.79. The van der Waals surface area contributed by atoms with Crippen molar-refractivity contribution in [1.82, 2.24) is 15.1 Å². The molecule has 1 aromatic rings. The van der Waals surface area contributed by atoms with Gasteiger partial charge in [-0.15, -0.1) is 24.0 Å². The minimum atomic E-state index is 0. The van der Waals surface area contributed by atoms with Crippen molar-refractivity contribution in [2.24, 2.45) is 10.7 Å². The van der Waals surface area contributed by atoms with Crippen LogP contribution in [0, 0.1) is 0 Å². The molecule has 2 heterocycles. The zero-order chi connectivity index (χ0) is 19.2. The summed E-state index contributed by atoms with van der Waals surface area (Å²) in [6.45, 7) is 3.20. The summed E-state index contributed by atoms with van der Waals surface area (Å²) in [7, 11) is 3.65. The minimum Gasteiger partial charge on any atom is -0.493 e. The van der Waals surface area contributed by atoms with Crippen LogP contribution in [0.25, 0.3) is 0 Å². The maximum atomic E-state index is 12.2. The van der Waals surface area contributed by atoms with Crippen molar-refractivity contribution in [3.8, 4) is 5.75 Å². The van der Waals surface area contributed by atoms with Crippen molar-refractivity contribution in [3.05, 3.63) is 29.8 Å². The average Bonchev–Trinajstić information content (AvgIpc) is 3.13. The van der Waals surface area contributed by atoms with Gasteiger partial charge in [-0.25, -0.2) is 0 Å². The van der Waals surface area contributed by atoms with Crippen LogP contribution in [0.2, 0.25) is 0 Å². The third-order valence-electron chi connectivity index (χ3n) is 5.26. The topological polar surface area (TPSA) is 83.2 Å². The summed E-state index contributed by atoms with van der Waals surface area (Å²) in [5, 5.41) is 3.32. The lowest BCUT2D eigenvalue weighted by Crippen LogP contribution is -2.43. The molecule has 1 amide bonds. The summed E-state index contributed by atoms with van der Waals surface area (Å²) < 4.78 is 5.68. The van der Waals surface area contributed by atoms with Crippen LogP contribution >= 0.6 is 24.0 Å². The molecule has 0 spiro atoms. The number of carbonyl (C=O) groups is 1. The van der Waals surface area contributed by atoms with Gasteiger partial charge in [-0.05, 0) is 31.9 Å². The summed E-state index contributed by atoms with van der Waals surface area (Å²) in [5.41, 5.74) is 7.22. The molecule has 0 aromatic heterocycles. The Morgan fingerprint density at radius 3 is 2.93 bits per heavy atom. The lowest BCUT2D eigenvalue weighted by Gasteiger charge is -2.27. The molecule has 3 rings (SSSR count). The maximum Gasteiger partial charge on any atom is 0.239 e. The Hall–Kier alpha value is -1.55. The first-order chi connectivity index (χ1) is 13.1. The Balaban J connectivity index is 0.00000280. The average molecular weight is 501 g/mol. The quantitative estimate of drug-likeness (QED) is 0.270. The monoisotopic (exact) mass is 501 g/mol. The van der Waals surface area contributed by atoms with Gasteiger partial charge in [0.05, 0.1) is 18.7 Å². The molecule has 7 nitrogen and oxygen atoms in total. The van der Waals surface area contributed by atoms with Crippen molar-refractivity contribution in [3.63, 3.8) is 0 Å². The van der Waals surface area contributed by atoms with Crippen LogP contribution in [0.15, 0.2) is 29.3 Å². The molecule has 2 aliphatic heterocycles. The van der Waals surface area contributed by atoms with Gasteiger partial charge >= 0.3 is 0 Å². The molecule has 0 saturated carbocycles. The normalized spacial score (nSPS) is 22.0. The van der Waals surface area contributed by atoms with E-state index in [2.05, 4.69) is 21.3 Å². The highest BCUT2D eigenvalue weighted by molar-refractivity contribution is 14.0. The predicted octanol–water partition coefficient (Wildman–Crippen LogP) is 1.98. The minimum absolute atomic E-state index is 0. The van der Waals surface area contributed by atoms with E-state index in [1.807, 2.05) is 32.3 Å². The van der Waals surface area contributed by atoms with E-state index in [1.54, 1.807) is 4.90 Å². The number of carbonyl (C=O) groups excluding carboxylic acids is 1. The van der Waals surface area contributed by atoms with Crippen LogP contribution in [0.3, 0.4) is 0 Å². The number of fused-ring (bicyclic) bond motifs is 1. The zero-order valence-electron chi connectivity index (χ0n) is 16.8. The summed E-state index contributed by atoms with van der Waals surface area (Å²) in [4.78, 5) is 20.7. The van der Waals surface area contributed by atoms with Crippen LogP contribution in [-0.4, -0.2) is 68.0 Å². The second-order valence-electron chi connectivity index (χ2n) is 7.42. The number of likely N-dealkylation sites (N-methyl/N-ethyl adjacent to an activating group) is 1. The zero-order valence-corrected chi connectivity index (χ0v) is 19.1. The second-order valence-corrected chi connectivity index (χ2v) is 7.42. The van der Waals surface area contributed by atoms with Crippen LogP contribution in [0.4, 0.5) is 0 Å². The van der Waals surface area contributed by atoms with E-state index in [4.69, 9.17) is 10.5 Å². The van der Waals surface area contributed by atoms with Gasteiger partial charge in [0.25, 0.3) is 0 Å². The number of rotatable bonds is 6. The lowest BCUT2D eigenvalue weighted by molar-refractivity contribution is -0.133. The number of nitrogens with zero attached hydrogens (tertiary/aromatic N) is 3. The molecule has 8 heteroatoms. The third kappa shape index (κ3) is 5.73. The highest BCUT2D eigenvalue weighted by Crippen LogP contribution is 2.31. The highest BCUT2D eigenvalue weighted by atomic mass is 127. The number of benzene rings is 1. The number of nitrogens with one attached hydrogen (secondary N) is 1. The van der Waals surface area contributed by atoms with E-state index < -0.39 is 0 Å². The van der Waals surface area contributed by atoms with Crippen LogP contribution < -0.4 is 15.8 Å². The third-order valence-corrected chi connectivity index (χ3v) is 5.26. The molecule has 3 N–H and O–H groups in total. The standard InChI is InChI=1S/C20H31N5O2.HI/c1-24(2)19(26)17-8-5-12-25(17)13-6-11-22-20(21)23-16-10-14-27-18-9-4-3-7-15(16)18;/h3-4,7,9,16-17H,5-6,8,10-14H2,1-2H3,(H3,21,22,23);1H. The maximum absolute atomic E-state index is 12.2. The molecule has 28 heavy (non-hydrogen) atoms. The highest BCUT2D eigenvalue weighted by Gasteiger charge is 2.31. The van der Waals surface area contributed by atoms with Crippen molar-refractivity contribution in [2.75, 3.05) is 40.3 Å². The molecule has 2 atom stereocenters. The smallest absolute Gasteiger partial charge is 0.239 e. The Kier molecular flexibility index (Phi) is 8.81. The summed E-state index contributed by atoms with van der Waals surface area (Å²) in [6.07, 6.45) is 3.80. The summed E-state index contributed by atoms with van der Waals surface area (Å²) in [6, 6.07) is 8.20. The van der Waals surface area contributed by atoms with Crippen LogP contribution in [0.5, 0.6) is 5.75 Å². The first-order valence-electron chi connectivity index (χ1n) is 9.79. The van der Waals surface area contributed by atoms with Crippen molar-refractivity contribution < 1.29 is 9.53 Å². The fraction of sp³-hybridized carbons (Fsp3) is 0.600.